The Morgan fingerprint density at radius 2 is 1.94 bits per heavy atom. The molecule has 3 aromatic rings. The van der Waals surface area contributed by atoms with Crippen molar-refractivity contribution < 1.29 is 17.9 Å². The van der Waals surface area contributed by atoms with Crippen LogP contribution in [0.25, 0.3) is 0 Å². The number of nitrogens with zero attached hydrogens (tertiary/aromatic N) is 2. The molecule has 2 unspecified atom stereocenters. The Morgan fingerprint density at radius 1 is 1.16 bits per heavy atom. The maximum absolute atomic E-state index is 12.6. The van der Waals surface area contributed by atoms with Gasteiger partial charge in [-0.3, -0.25) is 0 Å². The highest BCUT2D eigenvalue weighted by Gasteiger charge is 2.36. The molecule has 32 heavy (non-hydrogen) atoms. The van der Waals surface area contributed by atoms with E-state index in [-0.39, 0.29) is 18.6 Å². The van der Waals surface area contributed by atoms with Gasteiger partial charge in [0.1, 0.15) is 11.0 Å². The van der Waals surface area contributed by atoms with Crippen molar-refractivity contribution in [1.29, 1.82) is 0 Å². The predicted octanol–water partition coefficient (Wildman–Crippen LogP) is 4.38. The quantitative estimate of drug-likeness (QED) is 0.552. The second-order valence-corrected chi connectivity index (χ2v) is 10.2. The minimum atomic E-state index is -3.49. The van der Waals surface area contributed by atoms with E-state index in [1.165, 1.54) is 6.26 Å². The van der Waals surface area contributed by atoms with E-state index in [0.717, 1.165) is 5.56 Å². The number of nitrogens with one attached hydrogen (secondary N) is 1. The van der Waals surface area contributed by atoms with Crippen LogP contribution in [-0.2, 0) is 9.84 Å². The topological polar surface area (TPSA) is 88.6 Å². The molecule has 7 nitrogen and oxygen atoms in total. The van der Waals surface area contributed by atoms with Crippen LogP contribution in [0.5, 0.6) is 11.6 Å². The zero-order valence-corrected chi connectivity index (χ0v) is 18.9. The molecule has 1 fully saturated rings. The average molecular weight is 472 g/mol. The Hall–Kier alpha value is -3.10. The summed E-state index contributed by atoms with van der Waals surface area (Å²) < 4.78 is 31.0. The number of hydrogen-bond donors (Lipinski definition) is 1. The molecular formula is C23H22ClN3O4S. The molecule has 0 spiro atoms. The fraction of sp³-hybridized carbons (Fsp3) is 0.217. The van der Waals surface area contributed by atoms with Crippen LogP contribution >= 0.6 is 11.6 Å². The van der Waals surface area contributed by atoms with Crippen molar-refractivity contribution in [2.45, 2.75) is 11.3 Å². The Labute approximate surface area is 191 Å². The highest BCUT2D eigenvalue weighted by Crippen LogP contribution is 2.33. The van der Waals surface area contributed by atoms with Crippen molar-refractivity contribution in [3.05, 3.63) is 89.1 Å². The van der Waals surface area contributed by atoms with Crippen LogP contribution < -0.4 is 10.1 Å². The summed E-state index contributed by atoms with van der Waals surface area (Å²) in [6.07, 6.45) is 2.82. The summed E-state index contributed by atoms with van der Waals surface area (Å²) in [5.74, 6) is 1.04. The number of pyridine rings is 1. The summed E-state index contributed by atoms with van der Waals surface area (Å²) in [6, 6.07) is 18.8. The van der Waals surface area contributed by atoms with Gasteiger partial charge in [-0.25, -0.2) is 18.2 Å². The summed E-state index contributed by atoms with van der Waals surface area (Å²) in [7, 11) is -3.49. The second-order valence-electron chi connectivity index (χ2n) is 7.57. The number of carbonyl (C=O) groups excluding carboxylic acids is 1. The number of ether oxygens (including phenoxy) is 1. The SMILES string of the molecule is CS(=O)(=O)C(CN1C(=O)NCC1c1cccc(Oc2ccccn2)c1)c1ccc(Cl)cc1. The number of amides is 2. The maximum atomic E-state index is 12.6. The lowest BCUT2D eigenvalue weighted by molar-refractivity contribution is 0.204. The fourth-order valence-electron chi connectivity index (χ4n) is 3.70. The summed E-state index contributed by atoms with van der Waals surface area (Å²) >= 11 is 5.96. The van der Waals surface area contributed by atoms with Crippen LogP contribution in [0, 0.1) is 0 Å². The average Bonchev–Trinajstić information content (AvgIpc) is 3.13. The van der Waals surface area contributed by atoms with Crippen molar-refractivity contribution >= 4 is 27.5 Å². The molecule has 9 heteroatoms. The summed E-state index contributed by atoms with van der Waals surface area (Å²) in [5, 5.41) is 2.46. The monoisotopic (exact) mass is 471 g/mol. The van der Waals surface area contributed by atoms with Gasteiger partial charge < -0.3 is 15.0 Å². The zero-order valence-electron chi connectivity index (χ0n) is 17.3. The zero-order chi connectivity index (χ0) is 22.7. The lowest BCUT2D eigenvalue weighted by atomic mass is 10.1. The minimum absolute atomic E-state index is 0.0162. The molecule has 1 saturated heterocycles. The maximum Gasteiger partial charge on any atom is 0.318 e. The molecular weight excluding hydrogens is 450 g/mol. The van der Waals surface area contributed by atoms with Gasteiger partial charge in [0.15, 0.2) is 9.84 Å². The first-order chi connectivity index (χ1) is 15.3. The van der Waals surface area contributed by atoms with Gasteiger partial charge in [0.2, 0.25) is 5.88 Å². The third-order valence-electron chi connectivity index (χ3n) is 5.31. The summed E-state index contributed by atoms with van der Waals surface area (Å²) in [4.78, 5) is 18.4. The van der Waals surface area contributed by atoms with E-state index in [0.29, 0.717) is 28.8 Å². The predicted molar refractivity (Wildman–Crippen MR) is 123 cm³/mol. The van der Waals surface area contributed by atoms with Crippen LogP contribution in [0.15, 0.2) is 72.9 Å². The molecule has 0 bridgehead atoms. The molecule has 2 heterocycles. The lowest BCUT2D eigenvalue weighted by Crippen LogP contribution is -2.36. The summed E-state index contributed by atoms with van der Waals surface area (Å²) in [5.41, 5.74) is 1.42. The fourth-order valence-corrected chi connectivity index (χ4v) is 4.91. The van der Waals surface area contributed by atoms with Gasteiger partial charge in [0.05, 0.1) is 6.04 Å². The molecule has 0 radical (unpaired) electrons. The normalized spacial score (nSPS) is 17.1. The van der Waals surface area contributed by atoms with Gasteiger partial charge in [-0.1, -0.05) is 41.9 Å². The smallest absolute Gasteiger partial charge is 0.318 e. The first kappa shape index (κ1) is 22.1. The van der Waals surface area contributed by atoms with E-state index in [2.05, 4.69) is 10.3 Å². The Kier molecular flexibility index (Phi) is 6.34. The third-order valence-corrected chi connectivity index (χ3v) is 7.01. The second kappa shape index (κ2) is 9.18. The molecule has 4 rings (SSSR count). The van der Waals surface area contributed by atoms with E-state index >= 15 is 0 Å². The van der Waals surface area contributed by atoms with Crippen molar-refractivity contribution in [3.63, 3.8) is 0 Å². The van der Waals surface area contributed by atoms with Gasteiger partial charge >= 0.3 is 6.03 Å². The number of aromatic nitrogens is 1. The van der Waals surface area contributed by atoms with E-state index in [1.807, 2.05) is 24.3 Å². The Bertz CT molecular complexity index is 1200. The number of hydrogen-bond acceptors (Lipinski definition) is 5. The van der Waals surface area contributed by atoms with Gasteiger partial charge in [-0.05, 0) is 41.5 Å². The molecule has 2 atom stereocenters. The van der Waals surface area contributed by atoms with E-state index < -0.39 is 15.1 Å². The van der Waals surface area contributed by atoms with Gasteiger partial charge in [0, 0.05) is 36.6 Å². The number of carbonyl (C=O) groups is 1. The number of urea groups is 1. The molecule has 1 aliphatic rings. The molecule has 2 amide bonds. The van der Waals surface area contributed by atoms with Gasteiger partial charge in [-0.2, -0.15) is 0 Å². The summed E-state index contributed by atoms with van der Waals surface area (Å²) in [6.45, 7) is 0.380. The van der Waals surface area contributed by atoms with Crippen molar-refractivity contribution in [2.24, 2.45) is 0 Å². The van der Waals surface area contributed by atoms with E-state index in [1.54, 1.807) is 53.6 Å². The van der Waals surface area contributed by atoms with E-state index in [9.17, 15) is 13.2 Å². The third kappa shape index (κ3) is 5.03. The number of rotatable bonds is 7. The van der Waals surface area contributed by atoms with Crippen molar-refractivity contribution in [3.8, 4) is 11.6 Å². The van der Waals surface area contributed by atoms with Crippen LogP contribution in [0.1, 0.15) is 22.4 Å². The van der Waals surface area contributed by atoms with Gasteiger partial charge in [0.25, 0.3) is 0 Å². The van der Waals surface area contributed by atoms with Crippen LogP contribution in [-0.4, -0.2) is 43.7 Å². The molecule has 0 aliphatic carbocycles. The van der Waals surface area contributed by atoms with Gasteiger partial charge in [-0.15, -0.1) is 0 Å². The molecule has 1 N–H and O–H groups in total. The molecule has 0 saturated carbocycles. The van der Waals surface area contributed by atoms with Crippen molar-refractivity contribution in [2.75, 3.05) is 19.3 Å². The van der Waals surface area contributed by atoms with Crippen LogP contribution in [0.4, 0.5) is 4.79 Å². The number of benzene rings is 2. The Morgan fingerprint density at radius 3 is 2.62 bits per heavy atom. The van der Waals surface area contributed by atoms with E-state index in [4.69, 9.17) is 16.3 Å². The first-order valence-corrected chi connectivity index (χ1v) is 12.3. The molecule has 2 aromatic carbocycles. The lowest BCUT2D eigenvalue weighted by Gasteiger charge is -2.28. The highest BCUT2D eigenvalue weighted by molar-refractivity contribution is 7.91. The highest BCUT2D eigenvalue weighted by atomic mass is 35.5. The minimum Gasteiger partial charge on any atom is -0.439 e. The molecule has 1 aromatic heterocycles. The molecule has 1 aliphatic heterocycles. The standard InChI is InChI=1S/C23H22ClN3O4S/c1-32(29,30)21(16-8-10-18(24)11-9-16)15-27-20(14-26-23(27)28)17-5-4-6-19(13-17)31-22-7-2-3-12-25-22/h2-13,20-21H,14-15H2,1H3,(H,26,28). The Balaban J connectivity index is 1.60. The van der Waals surface area contributed by atoms with Crippen LogP contribution in [0.3, 0.4) is 0 Å². The van der Waals surface area contributed by atoms with Crippen LogP contribution in [0.2, 0.25) is 5.02 Å². The molecule has 166 valence electrons. The van der Waals surface area contributed by atoms with Crippen molar-refractivity contribution in [1.82, 2.24) is 15.2 Å². The number of halogens is 1. The first-order valence-electron chi connectivity index (χ1n) is 9.99. The number of sulfone groups is 1. The largest absolute Gasteiger partial charge is 0.439 e.